The number of nitrogen functional groups attached to an aromatic ring is 1. The highest BCUT2D eigenvalue weighted by Gasteiger charge is 2.27. The fourth-order valence-electron chi connectivity index (χ4n) is 2.62. The Morgan fingerprint density at radius 3 is 2.62 bits per heavy atom. The summed E-state index contributed by atoms with van der Waals surface area (Å²) in [6.45, 7) is 0. The first-order valence-corrected chi connectivity index (χ1v) is 7.94. The Hall–Kier alpha value is -3.09. The number of anilines is 5. The lowest BCUT2D eigenvalue weighted by molar-refractivity contribution is 0.716. The third-order valence-electron chi connectivity index (χ3n) is 3.99. The van der Waals surface area contributed by atoms with Crippen molar-refractivity contribution in [3.8, 4) is 0 Å². The van der Waals surface area contributed by atoms with Gasteiger partial charge in [0.05, 0.1) is 0 Å². The van der Waals surface area contributed by atoms with Crippen LogP contribution >= 0.6 is 0 Å². The van der Waals surface area contributed by atoms with Crippen molar-refractivity contribution < 1.29 is 0 Å². The van der Waals surface area contributed by atoms with E-state index in [0.29, 0.717) is 17.7 Å². The predicted octanol–water partition coefficient (Wildman–Crippen LogP) is 3.16. The monoisotopic (exact) mass is 321 g/mol. The Bertz CT molecular complexity index is 850. The van der Waals surface area contributed by atoms with Gasteiger partial charge in [-0.3, -0.25) is 4.68 Å². The third kappa shape index (κ3) is 3.15. The summed E-state index contributed by atoms with van der Waals surface area (Å²) in [6, 6.07) is 11.3. The molecule has 0 unspecified atom stereocenters. The molecule has 1 aliphatic rings. The first-order valence-electron chi connectivity index (χ1n) is 7.94. The molecule has 4 rings (SSSR count). The molecule has 0 saturated heterocycles. The molecular formula is C17H19N7. The van der Waals surface area contributed by atoms with Gasteiger partial charge in [-0.1, -0.05) is 0 Å². The summed E-state index contributed by atoms with van der Waals surface area (Å²) in [5.74, 6) is 2.68. The summed E-state index contributed by atoms with van der Waals surface area (Å²) >= 11 is 0. The number of hydrogen-bond acceptors (Lipinski definition) is 6. The molecule has 2 heterocycles. The van der Waals surface area contributed by atoms with Crippen LogP contribution in [0.3, 0.4) is 0 Å². The largest absolute Gasteiger partial charge is 0.399 e. The van der Waals surface area contributed by atoms with Gasteiger partial charge in [0, 0.05) is 42.3 Å². The van der Waals surface area contributed by atoms with Crippen LogP contribution in [0, 0.1) is 0 Å². The molecule has 4 N–H and O–H groups in total. The summed E-state index contributed by atoms with van der Waals surface area (Å²) in [5.41, 5.74) is 8.57. The molecule has 3 aromatic rings. The van der Waals surface area contributed by atoms with E-state index in [-0.39, 0.29) is 0 Å². The van der Waals surface area contributed by atoms with E-state index in [1.807, 2.05) is 42.1 Å². The van der Waals surface area contributed by atoms with Gasteiger partial charge >= 0.3 is 0 Å². The highest BCUT2D eigenvalue weighted by molar-refractivity contribution is 5.59. The Kier molecular flexibility index (Phi) is 3.53. The lowest BCUT2D eigenvalue weighted by atomic mass is 10.3. The fraction of sp³-hybridized carbons (Fsp3) is 0.235. The second kappa shape index (κ2) is 5.84. The number of nitrogens with one attached hydrogen (secondary N) is 2. The summed E-state index contributed by atoms with van der Waals surface area (Å²) in [6.07, 6.45) is 4.21. The van der Waals surface area contributed by atoms with Gasteiger partial charge < -0.3 is 16.4 Å². The second-order valence-electron chi connectivity index (χ2n) is 5.99. The maximum absolute atomic E-state index is 5.69. The van der Waals surface area contributed by atoms with Crippen LogP contribution in [0.15, 0.2) is 42.6 Å². The molecule has 1 fully saturated rings. The molecule has 0 aliphatic heterocycles. The predicted molar refractivity (Wildman–Crippen MR) is 94.6 cm³/mol. The van der Waals surface area contributed by atoms with E-state index in [1.165, 1.54) is 18.5 Å². The average Bonchev–Trinajstić information content (AvgIpc) is 3.34. The molecule has 0 atom stereocenters. The van der Waals surface area contributed by atoms with E-state index in [0.717, 1.165) is 17.2 Å². The second-order valence-corrected chi connectivity index (χ2v) is 5.99. The van der Waals surface area contributed by atoms with Gasteiger partial charge in [-0.15, -0.1) is 0 Å². The van der Waals surface area contributed by atoms with Crippen molar-refractivity contribution >= 4 is 29.0 Å². The molecule has 7 nitrogen and oxygen atoms in total. The third-order valence-corrected chi connectivity index (χ3v) is 3.99. The number of rotatable bonds is 5. The first kappa shape index (κ1) is 14.5. The number of nitrogens with zero attached hydrogens (tertiary/aromatic N) is 4. The quantitative estimate of drug-likeness (QED) is 0.625. The van der Waals surface area contributed by atoms with E-state index in [9.17, 15) is 0 Å². The van der Waals surface area contributed by atoms with Gasteiger partial charge in [-0.2, -0.15) is 10.1 Å². The molecule has 0 bridgehead atoms. The average molecular weight is 321 g/mol. The highest BCUT2D eigenvalue weighted by atomic mass is 15.3. The molecule has 7 heteroatoms. The van der Waals surface area contributed by atoms with Crippen molar-refractivity contribution in [1.29, 1.82) is 0 Å². The van der Waals surface area contributed by atoms with Gasteiger partial charge in [0.2, 0.25) is 5.95 Å². The highest BCUT2D eigenvalue weighted by Crippen LogP contribution is 2.40. The minimum absolute atomic E-state index is 0.517. The van der Waals surface area contributed by atoms with Gasteiger partial charge in [0.25, 0.3) is 0 Å². The number of aryl methyl sites for hydroxylation is 1. The molecule has 1 saturated carbocycles. The number of benzene rings is 1. The van der Waals surface area contributed by atoms with Crippen LogP contribution in [0.4, 0.5) is 29.0 Å². The zero-order chi connectivity index (χ0) is 16.5. The van der Waals surface area contributed by atoms with Gasteiger partial charge in [0.1, 0.15) is 5.82 Å². The summed E-state index contributed by atoms with van der Waals surface area (Å²) in [7, 11) is 1.98. The topological polar surface area (TPSA) is 93.7 Å². The Labute approximate surface area is 139 Å². The molecule has 1 aliphatic carbocycles. The van der Waals surface area contributed by atoms with Gasteiger partial charge in [-0.25, -0.2) is 4.98 Å². The minimum Gasteiger partial charge on any atom is -0.399 e. The molecule has 1 aromatic carbocycles. The van der Waals surface area contributed by atoms with Crippen molar-refractivity contribution in [1.82, 2.24) is 19.7 Å². The molecule has 0 amide bonds. The molecule has 122 valence electrons. The molecule has 2 aromatic heterocycles. The first-order chi connectivity index (χ1) is 11.7. The zero-order valence-electron chi connectivity index (χ0n) is 13.4. The summed E-state index contributed by atoms with van der Waals surface area (Å²) in [5, 5.41) is 10.9. The van der Waals surface area contributed by atoms with Gasteiger partial charge in [0.15, 0.2) is 5.82 Å². The number of aromatic nitrogens is 4. The SMILES string of the molecule is Cn1nc(Nc2ccnc(Nc3ccc(N)cc3)n2)cc1C1CC1. The van der Waals surface area contributed by atoms with Crippen molar-refractivity contribution in [2.24, 2.45) is 7.05 Å². The minimum atomic E-state index is 0.517. The van der Waals surface area contributed by atoms with E-state index in [1.54, 1.807) is 6.20 Å². The maximum Gasteiger partial charge on any atom is 0.229 e. The Balaban J connectivity index is 1.49. The van der Waals surface area contributed by atoms with Crippen LogP contribution in [0.2, 0.25) is 0 Å². The lowest BCUT2D eigenvalue weighted by Crippen LogP contribution is -2.01. The van der Waals surface area contributed by atoms with E-state index in [4.69, 9.17) is 5.73 Å². The van der Waals surface area contributed by atoms with Crippen molar-refractivity contribution in [3.05, 3.63) is 48.3 Å². The fourth-order valence-corrected chi connectivity index (χ4v) is 2.62. The molecule has 0 radical (unpaired) electrons. The van der Waals surface area contributed by atoms with Crippen LogP contribution < -0.4 is 16.4 Å². The van der Waals surface area contributed by atoms with Crippen LogP contribution in [-0.4, -0.2) is 19.7 Å². The van der Waals surface area contributed by atoms with E-state index >= 15 is 0 Å². The van der Waals surface area contributed by atoms with Crippen molar-refractivity contribution in [2.75, 3.05) is 16.4 Å². The smallest absolute Gasteiger partial charge is 0.229 e. The molecule has 0 spiro atoms. The summed E-state index contributed by atoms with van der Waals surface area (Å²) < 4.78 is 1.94. The Morgan fingerprint density at radius 1 is 1.08 bits per heavy atom. The van der Waals surface area contributed by atoms with Gasteiger partial charge in [-0.05, 0) is 43.2 Å². The normalized spacial score (nSPS) is 13.7. The number of hydrogen-bond donors (Lipinski definition) is 3. The van der Waals surface area contributed by atoms with E-state index < -0.39 is 0 Å². The zero-order valence-corrected chi connectivity index (χ0v) is 13.4. The van der Waals surface area contributed by atoms with Crippen LogP contribution in [0.25, 0.3) is 0 Å². The lowest BCUT2D eigenvalue weighted by Gasteiger charge is -2.07. The Morgan fingerprint density at radius 2 is 1.88 bits per heavy atom. The van der Waals surface area contributed by atoms with Crippen molar-refractivity contribution in [3.63, 3.8) is 0 Å². The standard InChI is InChI=1S/C17H19N7/c1-24-14(11-2-3-11)10-16(23-24)21-15-8-9-19-17(22-15)20-13-6-4-12(18)5-7-13/h4-11H,2-3,18H2,1H3,(H2,19,20,21,22,23). The van der Waals surface area contributed by atoms with Crippen LogP contribution in [-0.2, 0) is 7.05 Å². The maximum atomic E-state index is 5.69. The summed E-state index contributed by atoms with van der Waals surface area (Å²) in [4.78, 5) is 8.71. The molecular weight excluding hydrogens is 302 g/mol. The molecule has 24 heavy (non-hydrogen) atoms. The van der Waals surface area contributed by atoms with E-state index in [2.05, 4.69) is 31.8 Å². The van der Waals surface area contributed by atoms with Crippen molar-refractivity contribution in [2.45, 2.75) is 18.8 Å². The van der Waals surface area contributed by atoms with Crippen LogP contribution in [0.1, 0.15) is 24.5 Å². The van der Waals surface area contributed by atoms with Crippen LogP contribution in [0.5, 0.6) is 0 Å². The number of nitrogens with two attached hydrogens (primary N) is 1.